The van der Waals surface area contributed by atoms with Gasteiger partial charge in [-0.15, -0.1) is 0 Å². The number of ether oxygens (including phenoxy) is 1. The van der Waals surface area contributed by atoms with Crippen molar-refractivity contribution in [2.45, 2.75) is 24.5 Å². The van der Waals surface area contributed by atoms with Crippen LogP contribution in [0.5, 0.6) is 0 Å². The third kappa shape index (κ3) is 2.51. The number of aliphatic hydroxyl groups excluding tert-OH is 3. The fraction of sp³-hybridized carbons (Fsp3) is 0.333. The number of para-hydroxylation sites is 1. The minimum absolute atomic E-state index is 0.0375. The second kappa shape index (κ2) is 5.74. The summed E-state index contributed by atoms with van der Waals surface area (Å²) in [4.78, 5) is 22.8. The molecule has 0 amide bonds. The summed E-state index contributed by atoms with van der Waals surface area (Å²) in [7, 11) is 0. The Labute approximate surface area is 130 Å². The van der Waals surface area contributed by atoms with Crippen molar-refractivity contribution in [2.75, 3.05) is 6.61 Å². The van der Waals surface area contributed by atoms with Crippen LogP contribution in [0, 0.1) is 0 Å². The average Bonchev–Trinajstić information content (AvgIpc) is 2.91. The van der Waals surface area contributed by atoms with Crippen LogP contribution in [0.15, 0.2) is 30.5 Å². The monoisotopic (exact) mass is 321 g/mol. The van der Waals surface area contributed by atoms with Crippen molar-refractivity contribution in [1.82, 2.24) is 4.57 Å². The Kier molecular flexibility index (Phi) is 3.90. The van der Waals surface area contributed by atoms with E-state index in [2.05, 4.69) is 0 Å². The topological polar surface area (TPSA) is 129 Å². The number of rotatable bonds is 3. The Morgan fingerprint density at radius 1 is 1.13 bits per heavy atom. The predicted molar refractivity (Wildman–Crippen MR) is 76.9 cm³/mol. The highest BCUT2D eigenvalue weighted by molar-refractivity contribution is 6.42. The first-order valence-corrected chi connectivity index (χ1v) is 6.95. The lowest BCUT2D eigenvalue weighted by atomic mass is 10.0. The van der Waals surface area contributed by atoms with E-state index in [9.17, 15) is 24.9 Å². The van der Waals surface area contributed by atoms with Crippen LogP contribution in [0.25, 0.3) is 10.9 Å². The number of aliphatic hydroxyl groups is 3. The van der Waals surface area contributed by atoms with Crippen LogP contribution in [-0.2, 0) is 9.53 Å². The SMILES string of the molecule is O=C(O)C(=O)c1cn(C2OCC(O)C(O)C2O)c2ccccc12. The largest absolute Gasteiger partial charge is 0.475 e. The van der Waals surface area contributed by atoms with Crippen molar-refractivity contribution >= 4 is 22.7 Å². The number of hydrogen-bond acceptors (Lipinski definition) is 6. The fourth-order valence-corrected chi connectivity index (χ4v) is 2.75. The van der Waals surface area contributed by atoms with Crippen molar-refractivity contribution < 1.29 is 34.8 Å². The quantitative estimate of drug-likeness (QED) is 0.444. The molecule has 122 valence electrons. The Morgan fingerprint density at radius 3 is 2.52 bits per heavy atom. The third-order valence-electron chi connectivity index (χ3n) is 3.93. The summed E-state index contributed by atoms with van der Waals surface area (Å²) in [6, 6.07) is 6.57. The summed E-state index contributed by atoms with van der Waals surface area (Å²) in [6.45, 7) is -0.197. The highest BCUT2D eigenvalue weighted by Gasteiger charge is 2.39. The van der Waals surface area contributed by atoms with Gasteiger partial charge in [-0.1, -0.05) is 18.2 Å². The molecule has 0 radical (unpaired) electrons. The molecule has 0 aliphatic carbocycles. The Hall–Kier alpha value is -2.26. The first-order chi connectivity index (χ1) is 10.9. The summed E-state index contributed by atoms with van der Waals surface area (Å²) in [5.74, 6) is -2.67. The smallest absolute Gasteiger partial charge is 0.377 e. The number of benzene rings is 1. The maximum atomic E-state index is 11.8. The van der Waals surface area contributed by atoms with E-state index in [4.69, 9.17) is 9.84 Å². The van der Waals surface area contributed by atoms with Crippen molar-refractivity contribution in [3.8, 4) is 0 Å². The van der Waals surface area contributed by atoms with Gasteiger partial charge in [0.1, 0.15) is 18.3 Å². The summed E-state index contributed by atoms with van der Waals surface area (Å²) in [5, 5.41) is 38.8. The van der Waals surface area contributed by atoms with Crippen LogP contribution < -0.4 is 0 Å². The molecule has 4 atom stereocenters. The molecule has 8 heteroatoms. The minimum Gasteiger partial charge on any atom is -0.475 e. The molecule has 1 saturated heterocycles. The van der Waals surface area contributed by atoms with Gasteiger partial charge in [0.05, 0.1) is 17.7 Å². The van der Waals surface area contributed by atoms with Gasteiger partial charge in [0.2, 0.25) is 0 Å². The van der Waals surface area contributed by atoms with Crippen LogP contribution in [0.3, 0.4) is 0 Å². The number of nitrogens with zero attached hydrogens (tertiary/aromatic N) is 1. The van der Waals surface area contributed by atoms with Gasteiger partial charge in [0.25, 0.3) is 5.78 Å². The molecule has 2 aromatic rings. The van der Waals surface area contributed by atoms with Gasteiger partial charge >= 0.3 is 5.97 Å². The second-order valence-electron chi connectivity index (χ2n) is 5.37. The summed E-state index contributed by atoms with van der Waals surface area (Å²) >= 11 is 0. The summed E-state index contributed by atoms with van der Waals surface area (Å²) < 4.78 is 6.76. The predicted octanol–water partition coefficient (Wildman–Crippen LogP) is -0.480. The maximum absolute atomic E-state index is 11.8. The molecule has 3 rings (SSSR count). The molecule has 1 aromatic heterocycles. The van der Waals surface area contributed by atoms with Crippen LogP contribution in [0.4, 0.5) is 0 Å². The van der Waals surface area contributed by atoms with Gasteiger partial charge < -0.3 is 29.7 Å². The number of carboxylic acid groups (broad SMARTS) is 1. The molecule has 0 bridgehead atoms. The normalized spacial score (nSPS) is 28.0. The molecule has 1 fully saturated rings. The number of carbonyl (C=O) groups excluding carboxylic acids is 1. The number of Topliss-reactive ketones (excluding diaryl/α,β-unsaturated/α-hetero) is 1. The van der Waals surface area contributed by atoms with Crippen molar-refractivity contribution in [3.63, 3.8) is 0 Å². The molecule has 0 spiro atoms. The Morgan fingerprint density at radius 2 is 1.83 bits per heavy atom. The Balaban J connectivity index is 2.11. The molecule has 4 N–H and O–H groups in total. The lowest BCUT2D eigenvalue weighted by Crippen LogP contribution is -2.50. The van der Waals surface area contributed by atoms with Crippen molar-refractivity contribution in [3.05, 3.63) is 36.0 Å². The molecule has 4 unspecified atom stereocenters. The molecular formula is C15H15NO7. The lowest BCUT2D eigenvalue weighted by molar-refractivity contribution is -0.209. The van der Waals surface area contributed by atoms with Crippen LogP contribution in [-0.4, -0.2) is 61.7 Å². The number of hydrogen-bond donors (Lipinski definition) is 4. The Bertz CT molecular complexity index is 768. The van der Waals surface area contributed by atoms with E-state index in [-0.39, 0.29) is 12.2 Å². The van der Waals surface area contributed by atoms with Crippen molar-refractivity contribution in [1.29, 1.82) is 0 Å². The number of ketones is 1. The molecule has 8 nitrogen and oxygen atoms in total. The van der Waals surface area contributed by atoms with Gasteiger partial charge in [-0.05, 0) is 6.07 Å². The highest BCUT2D eigenvalue weighted by Crippen LogP contribution is 2.31. The van der Waals surface area contributed by atoms with Gasteiger partial charge in [-0.25, -0.2) is 4.79 Å². The number of carbonyl (C=O) groups is 2. The van der Waals surface area contributed by atoms with E-state index < -0.39 is 36.3 Å². The molecule has 2 heterocycles. The first kappa shape index (κ1) is 15.6. The average molecular weight is 321 g/mol. The molecule has 0 saturated carbocycles. The minimum atomic E-state index is -1.59. The van der Waals surface area contributed by atoms with E-state index >= 15 is 0 Å². The highest BCUT2D eigenvalue weighted by atomic mass is 16.5. The zero-order chi connectivity index (χ0) is 16.7. The lowest BCUT2D eigenvalue weighted by Gasteiger charge is -2.36. The maximum Gasteiger partial charge on any atom is 0.377 e. The van der Waals surface area contributed by atoms with Crippen LogP contribution in [0.1, 0.15) is 16.6 Å². The van der Waals surface area contributed by atoms with Crippen LogP contribution >= 0.6 is 0 Å². The number of aromatic nitrogens is 1. The standard InChI is InChI=1S/C15H15NO7/c17-10-6-23-14(13(20)12(10)19)16-5-8(11(18)15(21)22)7-3-1-2-4-9(7)16/h1-5,10,12-14,17,19-20H,6H2,(H,21,22). The van der Waals surface area contributed by atoms with E-state index in [1.165, 1.54) is 10.8 Å². The zero-order valence-electron chi connectivity index (χ0n) is 11.9. The van der Waals surface area contributed by atoms with E-state index in [1.54, 1.807) is 24.3 Å². The molecular weight excluding hydrogens is 306 g/mol. The second-order valence-corrected chi connectivity index (χ2v) is 5.37. The van der Waals surface area contributed by atoms with Gasteiger partial charge in [-0.2, -0.15) is 0 Å². The fourth-order valence-electron chi connectivity index (χ4n) is 2.75. The molecule has 1 aliphatic heterocycles. The number of aliphatic carboxylic acids is 1. The van der Waals surface area contributed by atoms with E-state index in [0.717, 1.165) is 0 Å². The first-order valence-electron chi connectivity index (χ1n) is 6.95. The number of fused-ring (bicyclic) bond motifs is 1. The van der Waals surface area contributed by atoms with Crippen molar-refractivity contribution in [2.24, 2.45) is 0 Å². The van der Waals surface area contributed by atoms with Gasteiger partial charge in [-0.3, -0.25) is 4.79 Å². The zero-order valence-corrected chi connectivity index (χ0v) is 11.9. The van der Waals surface area contributed by atoms with Gasteiger partial charge in [0.15, 0.2) is 6.23 Å². The third-order valence-corrected chi connectivity index (χ3v) is 3.93. The van der Waals surface area contributed by atoms with E-state index in [0.29, 0.717) is 10.9 Å². The molecule has 1 aliphatic rings. The summed E-state index contributed by atoms with van der Waals surface area (Å²) in [5.41, 5.74) is 0.439. The van der Waals surface area contributed by atoms with Gasteiger partial charge in [0, 0.05) is 11.6 Å². The summed E-state index contributed by atoms with van der Waals surface area (Å²) in [6.07, 6.45) is -3.83. The van der Waals surface area contributed by atoms with Crippen LogP contribution in [0.2, 0.25) is 0 Å². The number of carboxylic acids is 1. The van der Waals surface area contributed by atoms with E-state index in [1.807, 2.05) is 0 Å². The molecule has 1 aromatic carbocycles. The molecule has 23 heavy (non-hydrogen) atoms.